The molecule has 0 aromatic heterocycles. The molecule has 4 rings (SSSR count). The summed E-state index contributed by atoms with van der Waals surface area (Å²) < 4.78 is 13.3. The van der Waals surface area contributed by atoms with Crippen molar-refractivity contribution in [3.63, 3.8) is 0 Å². The number of imide groups is 1. The molecule has 0 bridgehead atoms. The summed E-state index contributed by atoms with van der Waals surface area (Å²) in [5.74, 6) is -1.15. The maximum Gasteiger partial charge on any atom is 0.259 e. The van der Waals surface area contributed by atoms with Crippen molar-refractivity contribution in [1.29, 1.82) is 0 Å². The van der Waals surface area contributed by atoms with Gasteiger partial charge in [-0.05, 0) is 41.5 Å². The minimum absolute atomic E-state index is 0.345. The highest BCUT2D eigenvalue weighted by molar-refractivity contribution is 6.27. The van der Waals surface area contributed by atoms with Gasteiger partial charge in [0.25, 0.3) is 11.8 Å². The molecule has 3 aromatic rings. The van der Waals surface area contributed by atoms with Gasteiger partial charge in [0.2, 0.25) is 0 Å². The molecule has 3 nitrogen and oxygen atoms in total. The lowest BCUT2D eigenvalue weighted by atomic mass is 9.90. The molecule has 2 amide bonds. The van der Waals surface area contributed by atoms with Crippen LogP contribution in [0.2, 0.25) is 0 Å². The Labute approximate surface area is 131 Å². The van der Waals surface area contributed by atoms with Crippen LogP contribution in [0, 0.1) is 12.7 Å². The van der Waals surface area contributed by atoms with Crippen molar-refractivity contribution in [3.05, 3.63) is 71.0 Å². The highest BCUT2D eigenvalue weighted by Crippen LogP contribution is 2.37. The third-order valence-electron chi connectivity index (χ3n) is 4.13. The number of amides is 2. The summed E-state index contributed by atoms with van der Waals surface area (Å²) in [6.45, 7) is 1.96. The first-order valence-corrected chi connectivity index (χ1v) is 7.23. The second-order valence-corrected chi connectivity index (χ2v) is 5.69. The number of carbonyl (C=O) groups excluding carboxylic acids is 2. The molecule has 112 valence electrons. The third-order valence-corrected chi connectivity index (χ3v) is 4.13. The second kappa shape index (κ2) is 4.74. The molecule has 4 heteroatoms. The Morgan fingerprint density at radius 1 is 0.870 bits per heavy atom. The van der Waals surface area contributed by atoms with Gasteiger partial charge in [-0.3, -0.25) is 14.9 Å². The summed E-state index contributed by atoms with van der Waals surface area (Å²) >= 11 is 0. The number of aryl methyl sites for hydroxylation is 1. The van der Waals surface area contributed by atoms with Crippen LogP contribution in [0.1, 0.15) is 26.3 Å². The molecule has 1 N–H and O–H groups in total. The number of benzene rings is 3. The van der Waals surface area contributed by atoms with Gasteiger partial charge in [-0.15, -0.1) is 0 Å². The fourth-order valence-corrected chi connectivity index (χ4v) is 3.07. The monoisotopic (exact) mass is 305 g/mol. The van der Waals surface area contributed by atoms with Crippen molar-refractivity contribution < 1.29 is 14.0 Å². The van der Waals surface area contributed by atoms with E-state index in [0.29, 0.717) is 22.3 Å². The van der Waals surface area contributed by atoms with Crippen LogP contribution in [-0.2, 0) is 0 Å². The number of hydrogen-bond donors (Lipinski definition) is 1. The molecule has 0 saturated heterocycles. The molecule has 0 radical (unpaired) electrons. The van der Waals surface area contributed by atoms with Crippen molar-refractivity contribution in [1.82, 2.24) is 5.32 Å². The highest BCUT2D eigenvalue weighted by Gasteiger charge is 2.31. The average molecular weight is 305 g/mol. The number of hydrogen-bond acceptors (Lipinski definition) is 2. The highest BCUT2D eigenvalue weighted by atomic mass is 19.1. The number of fused-ring (bicyclic) bond motifs is 2. The number of rotatable bonds is 1. The Morgan fingerprint density at radius 2 is 1.61 bits per heavy atom. The number of halogens is 1. The second-order valence-electron chi connectivity index (χ2n) is 5.69. The first-order valence-electron chi connectivity index (χ1n) is 7.23. The standard InChI is InChI=1S/C19H12FNO2/c1-10-2-3-12-9-15-17(19(23)21-18(15)22)16(14(12)8-10)11-4-6-13(20)7-5-11/h2-9H,1H3,(H,21,22,23). The van der Waals surface area contributed by atoms with Crippen LogP contribution in [-0.4, -0.2) is 11.8 Å². The van der Waals surface area contributed by atoms with Gasteiger partial charge < -0.3 is 0 Å². The van der Waals surface area contributed by atoms with Crippen molar-refractivity contribution in [2.75, 3.05) is 0 Å². The molecular weight excluding hydrogens is 293 g/mol. The van der Waals surface area contributed by atoms with Crippen LogP contribution in [0.3, 0.4) is 0 Å². The molecule has 0 unspecified atom stereocenters. The SMILES string of the molecule is Cc1ccc2cc3c(c(-c4ccc(F)cc4)c2c1)C(=O)NC3=O. The van der Waals surface area contributed by atoms with Gasteiger partial charge in [-0.25, -0.2) is 4.39 Å². The normalized spacial score (nSPS) is 13.3. The lowest BCUT2D eigenvalue weighted by Crippen LogP contribution is -2.20. The van der Waals surface area contributed by atoms with Gasteiger partial charge in [0.15, 0.2) is 0 Å². The maximum absolute atomic E-state index is 13.3. The maximum atomic E-state index is 13.3. The minimum atomic E-state index is -0.410. The van der Waals surface area contributed by atoms with E-state index in [-0.39, 0.29) is 5.82 Å². The summed E-state index contributed by atoms with van der Waals surface area (Å²) in [6, 6.07) is 13.6. The Morgan fingerprint density at radius 3 is 2.35 bits per heavy atom. The van der Waals surface area contributed by atoms with Gasteiger partial charge in [-0.2, -0.15) is 0 Å². The predicted molar refractivity (Wildman–Crippen MR) is 85.9 cm³/mol. The molecule has 0 fully saturated rings. The summed E-state index contributed by atoms with van der Waals surface area (Å²) in [5.41, 5.74) is 3.16. The summed E-state index contributed by atoms with van der Waals surface area (Å²) in [5, 5.41) is 4.09. The van der Waals surface area contributed by atoms with E-state index in [1.807, 2.05) is 25.1 Å². The van der Waals surface area contributed by atoms with E-state index in [1.165, 1.54) is 12.1 Å². The Hall–Kier alpha value is -3.01. The Bertz CT molecular complexity index is 990. The summed E-state index contributed by atoms with van der Waals surface area (Å²) in [7, 11) is 0. The topological polar surface area (TPSA) is 46.2 Å². The molecule has 0 aliphatic carbocycles. The van der Waals surface area contributed by atoms with Crippen molar-refractivity contribution >= 4 is 22.6 Å². The quantitative estimate of drug-likeness (QED) is 0.694. The molecule has 1 heterocycles. The van der Waals surface area contributed by atoms with E-state index in [9.17, 15) is 14.0 Å². The lowest BCUT2D eigenvalue weighted by molar-refractivity contribution is 0.0880. The van der Waals surface area contributed by atoms with Gasteiger partial charge in [-0.1, -0.05) is 35.9 Å². The summed E-state index contributed by atoms with van der Waals surface area (Å²) in [6.07, 6.45) is 0. The fraction of sp³-hybridized carbons (Fsp3) is 0.0526. The Balaban J connectivity index is 2.17. The molecular formula is C19H12FNO2. The molecule has 0 spiro atoms. The predicted octanol–water partition coefficient (Wildman–Crippen LogP) is 3.84. The third kappa shape index (κ3) is 2.03. The van der Waals surface area contributed by atoms with Gasteiger partial charge in [0.05, 0.1) is 11.1 Å². The smallest absolute Gasteiger partial charge is 0.259 e. The summed E-state index contributed by atoms with van der Waals surface area (Å²) in [4.78, 5) is 24.3. The van der Waals surface area contributed by atoms with Crippen molar-refractivity contribution in [2.45, 2.75) is 6.92 Å². The fourth-order valence-electron chi connectivity index (χ4n) is 3.07. The molecule has 0 saturated carbocycles. The van der Waals surface area contributed by atoms with Gasteiger partial charge in [0.1, 0.15) is 5.82 Å². The average Bonchev–Trinajstić information content (AvgIpc) is 2.81. The van der Waals surface area contributed by atoms with E-state index in [1.54, 1.807) is 18.2 Å². The van der Waals surface area contributed by atoms with Crippen LogP contribution in [0.15, 0.2) is 48.5 Å². The van der Waals surface area contributed by atoms with E-state index < -0.39 is 11.8 Å². The zero-order valence-corrected chi connectivity index (χ0v) is 12.3. The van der Waals surface area contributed by atoms with E-state index >= 15 is 0 Å². The van der Waals surface area contributed by atoms with Crippen LogP contribution in [0.25, 0.3) is 21.9 Å². The Kier molecular flexibility index (Phi) is 2.81. The number of carbonyl (C=O) groups is 2. The van der Waals surface area contributed by atoms with Crippen molar-refractivity contribution in [2.24, 2.45) is 0 Å². The van der Waals surface area contributed by atoms with E-state index in [4.69, 9.17) is 0 Å². The largest absolute Gasteiger partial charge is 0.288 e. The van der Waals surface area contributed by atoms with E-state index in [0.717, 1.165) is 16.3 Å². The molecule has 0 atom stereocenters. The van der Waals surface area contributed by atoms with Crippen molar-refractivity contribution in [3.8, 4) is 11.1 Å². The zero-order chi connectivity index (χ0) is 16.1. The van der Waals surface area contributed by atoms with E-state index in [2.05, 4.69) is 5.32 Å². The van der Waals surface area contributed by atoms with Gasteiger partial charge >= 0.3 is 0 Å². The zero-order valence-electron chi connectivity index (χ0n) is 12.3. The first-order chi connectivity index (χ1) is 11.0. The van der Waals surface area contributed by atoms with Crippen LogP contribution in [0.4, 0.5) is 4.39 Å². The minimum Gasteiger partial charge on any atom is -0.288 e. The van der Waals surface area contributed by atoms with Crippen LogP contribution < -0.4 is 5.32 Å². The molecule has 1 aliphatic rings. The van der Waals surface area contributed by atoms with Gasteiger partial charge in [0, 0.05) is 5.56 Å². The molecule has 3 aromatic carbocycles. The first kappa shape index (κ1) is 13.6. The number of nitrogens with one attached hydrogen (secondary N) is 1. The lowest BCUT2D eigenvalue weighted by Gasteiger charge is -2.12. The molecule has 23 heavy (non-hydrogen) atoms. The van der Waals surface area contributed by atoms with Crippen LogP contribution in [0.5, 0.6) is 0 Å². The molecule has 1 aliphatic heterocycles. The van der Waals surface area contributed by atoms with Crippen LogP contribution >= 0.6 is 0 Å².